The number of nitrogens with zero attached hydrogens (tertiary/aromatic N) is 1. The van der Waals surface area contributed by atoms with Crippen LogP contribution in [0.4, 0.5) is 17.6 Å². The number of aryl methyl sites for hydroxylation is 1. The van der Waals surface area contributed by atoms with Crippen molar-refractivity contribution in [3.63, 3.8) is 0 Å². The fourth-order valence-electron chi connectivity index (χ4n) is 2.50. The van der Waals surface area contributed by atoms with E-state index >= 15 is 0 Å². The summed E-state index contributed by atoms with van der Waals surface area (Å²) in [6.45, 7) is -0.0158. The van der Waals surface area contributed by atoms with Gasteiger partial charge in [-0.3, -0.25) is 0 Å². The van der Waals surface area contributed by atoms with Gasteiger partial charge in [0.05, 0.1) is 17.0 Å². The molecule has 0 radical (unpaired) electrons. The summed E-state index contributed by atoms with van der Waals surface area (Å²) in [7, 11) is 0. The third kappa shape index (κ3) is 6.40. The number of alkyl halides is 3. The summed E-state index contributed by atoms with van der Waals surface area (Å²) < 4.78 is 50.4. The van der Waals surface area contributed by atoms with Crippen molar-refractivity contribution in [2.45, 2.75) is 25.4 Å². The number of carboxylic acid groups (broad SMARTS) is 1. The predicted octanol–water partition coefficient (Wildman–Crippen LogP) is 4.61. The number of hydrogen-bond acceptors (Lipinski definition) is 3. The van der Waals surface area contributed by atoms with Gasteiger partial charge >= 0.3 is 12.1 Å². The van der Waals surface area contributed by atoms with E-state index in [2.05, 4.69) is 0 Å². The number of carboxylic acids is 1. The maximum Gasteiger partial charge on any atom is 0.390 e. The first-order valence-corrected chi connectivity index (χ1v) is 9.08. The van der Waals surface area contributed by atoms with E-state index in [-0.39, 0.29) is 24.5 Å². The van der Waals surface area contributed by atoms with E-state index in [1.165, 1.54) is 34.9 Å². The Morgan fingerprint density at radius 1 is 1.23 bits per heavy atom. The van der Waals surface area contributed by atoms with E-state index in [1.54, 1.807) is 18.2 Å². The van der Waals surface area contributed by atoms with E-state index in [4.69, 9.17) is 0 Å². The predicted molar refractivity (Wildman–Crippen MR) is 93.2 cm³/mol. The molecule has 1 aliphatic heterocycles. The molecule has 0 aliphatic carbocycles. The maximum atomic E-state index is 12.9. The molecular formula is C18H19F4NO2S. The summed E-state index contributed by atoms with van der Waals surface area (Å²) in [6.07, 6.45) is -0.904. The Balaban J connectivity index is 1.96. The standard InChI is InChI=1S/C18H19F4NO2S/c19-14-7-5-13(6-8-14)3-2-12-26-16-15(17(24)25)4-1-10-23(16)11-9-18(20,21)22/h1,4-8H,2-3,9-12H2,(H,24,25). The van der Waals surface area contributed by atoms with Gasteiger partial charge in [-0.2, -0.15) is 13.2 Å². The van der Waals surface area contributed by atoms with Gasteiger partial charge in [-0.15, -0.1) is 11.8 Å². The van der Waals surface area contributed by atoms with Crippen LogP contribution >= 0.6 is 11.8 Å². The number of carbonyl (C=O) groups is 1. The molecule has 0 saturated carbocycles. The van der Waals surface area contributed by atoms with Crippen LogP contribution in [-0.4, -0.2) is 41.0 Å². The molecule has 0 aromatic heterocycles. The first-order valence-electron chi connectivity index (χ1n) is 8.09. The molecule has 3 nitrogen and oxygen atoms in total. The lowest BCUT2D eigenvalue weighted by atomic mass is 10.1. The molecular weight excluding hydrogens is 370 g/mol. The maximum absolute atomic E-state index is 12.9. The first-order chi connectivity index (χ1) is 12.3. The number of halogens is 4. The highest BCUT2D eigenvalue weighted by Crippen LogP contribution is 2.31. The van der Waals surface area contributed by atoms with Crippen LogP contribution in [0.1, 0.15) is 18.4 Å². The number of hydrogen-bond donors (Lipinski definition) is 1. The highest BCUT2D eigenvalue weighted by atomic mass is 32.2. The quantitative estimate of drug-likeness (QED) is 0.521. The molecule has 0 atom stereocenters. The number of aliphatic carboxylic acids is 1. The minimum atomic E-state index is -4.29. The lowest BCUT2D eigenvalue weighted by molar-refractivity contribution is -0.136. The van der Waals surface area contributed by atoms with Crippen LogP contribution in [0.5, 0.6) is 0 Å². The molecule has 0 fully saturated rings. The van der Waals surface area contributed by atoms with Gasteiger partial charge in [-0.1, -0.05) is 18.2 Å². The van der Waals surface area contributed by atoms with Crippen molar-refractivity contribution in [2.24, 2.45) is 0 Å². The van der Waals surface area contributed by atoms with Crippen molar-refractivity contribution < 1.29 is 27.5 Å². The summed E-state index contributed by atoms with van der Waals surface area (Å²) in [6, 6.07) is 6.11. The Labute approximate surface area is 153 Å². The minimum Gasteiger partial charge on any atom is -0.478 e. The zero-order chi connectivity index (χ0) is 19.2. The normalized spacial score (nSPS) is 14.8. The Hall–Kier alpha value is -1.96. The van der Waals surface area contributed by atoms with Crippen molar-refractivity contribution in [1.82, 2.24) is 4.90 Å². The average Bonchev–Trinajstić information content (AvgIpc) is 2.58. The van der Waals surface area contributed by atoms with Gasteiger partial charge in [0, 0.05) is 13.1 Å². The van der Waals surface area contributed by atoms with Crippen molar-refractivity contribution in [3.8, 4) is 0 Å². The summed E-state index contributed by atoms with van der Waals surface area (Å²) in [4.78, 5) is 12.8. The van der Waals surface area contributed by atoms with Crippen molar-refractivity contribution in [3.05, 3.63) is 58.4 Å². The Morgan fingerprint density at radius 2 is 1.92 bits per heavy atom. The zero-order valence-corrected chi connectivity index (χ0v) is 14.7. The van der Waals surface area contributed by atoms with Gasteiger partial charge in [-0.05, 0) is 42.4 Å². The largest absolute Gasteiger partial charge is 0.478 e. The fourth-order valence-corrected chi connectivity index (χ4v) is 3.65. The van der Waals surface area contributed by atoms with Gasteiger partial charge in [0.1, 0.15) is 5.82 Å². The molecule has 1 heterocycles. The summed E-state index contributed by atoms with van der Waals surface area (Å²) in [5.74, 6) is -0.910. The minimum absolute atomic E-state index is 0.0187. The highest BCUT2D eigenvalue weighted by molar-refractivity contribution is 8.03. The Morgan fingerprint density at radius 3 is 2.54 bits per heavy atom. The van der Waals surface area contributed by atoms with Crippen molar-refractivity contribution in [1.29, 1.82) is 0 Å². The molecule has 0 bridgehead atoms. The summed E-state index contributed by atoms with van der Waals surface area (Å²) >= 11 is 1.25. The third-order valence-corrected chi connectivity index (χ3v) is 5.03. The van der Waals surface area contributed by atoms with Gasteiger partial charge < -0.3 is 10.0 Å². The molecule has 1 aliphatic rings. The zero-order valence-electron chi connectivity index (χ0n) is 13.9. The number of thioether (sulfide) groups is 1. The van der Waals surface area contributed by atoms with Crippen LogP contribution in [-0.2, 0) is 11.2 Å². The Kier molecular flexibility index (Phi) is 7.14. The van der Waals surface area contributed by atoms with E-state index in [0.29, 0.717) is 23.6 Å². The average molecular weight is 389 g/mol. The van der Waals surface area contributed by atoms with Gasteiger partial charge in [-0.25, -0.2) is 9.18 Å². The second kappa shape index (κ2) is 9.12. The van der Waals surface area contributed by atoms with Crippen LogP contribution < -0.4 is 0 Å². The van der Waals surface area contributed by atoms with Crippen LogP contribution in [0.25, 0.3) is 0 Å². The van der Waals surface area contributed by atoms with Crippen LogP contribution in [0.3, 0.4) is 0 Å². The molecule has 142 valence electrons. The van der Waals surface area contributed by atoms with Crippen LogP contribution in [0.2, 0.25) is 0 Å². The van der Waals surface area contributed by atoms with E-state index < -0.39 is 18.6 Å². The monoisotopic (exact) mass is 389 g/mol. The smallest absolute Gasteiger partial charge is 0.390 e. The lowest BCUT2D eigenvalue weighted by Gasteiger charge is -2.29. The van der Waals surface area contributed by atoms with Gasteiger partial charge in [0.2, 0.25) is 0 Å². The van der Waals surface area contributed by atoms with Crippen LogP contribution in [0.15, 0.2) is 47.0 Å². The second-order valence-corrected chi connectivity index (χ2v) is 6.90. The molecule has 0 saturated heterocycles. The fraction of sp³-hybridized carbons (Fsp3) is 0.389. The summed E-state index contributed by atoms with van der Waals surface area (Å²) in [5.41, 5.74) is 0.974. The summed E-state index contributed by atoms with van der Waals surface area (Å²) in [5, 5.41) is 9.67. The Bertz CT molecular complexity index is 683. The topological polar surface area (TPSA) is 40.5 Å². The molecule has 8 heteroatoms. The van der Waals surface area contributed by atoms with Crippen molar-refractivity contribution >= 4 is 17.7 Å². The molecule has 1 aromatic carbocycles. The van der Waals surface area contributed by atoms with E-state index in [0.717, 1.165) is 5.56 Å². The molecule has 0 unspecified atom stereocenters. The molecule has 0 amide bonds. The lowest BCUT2D eigenvalue weighted by Crippen LogP contribution is -2.30. The third-order valence-electron chi connectivity index (χ3n) is 3.79. The molecule has 26 heavy (non-hydrogen) atoms. The van der Waals surface area contributed by atoms with Gasteiger partial charge in [0.15, 0.2) is 0 Å². The van der Waals surface area contributed by atoms with Gasteiger partial charge in [0.25, 0.3) is 0 Å². The molecule has 2 rings (SSSR count). The molecule has 1 N–H and O–H groups in total. The van der Waals surface area contributed by atoms with E-state index in [9.17, 15) is 27.5 Å². The molecule has 1 aromatic rings. The number of rotatable bonds is 8. The van der Waals surface area contributed by atoms with Crippen molar-refractivity contribution in [2.75, 3.05) is 18.8 Å². The highest BCUT2D eigenvalue weighted by Gasteiger charge is 2.30. The second-order valence-electron chi connectivity index (χ2n) is 5.82. The SMILES string of the molecule is O=C(O)C1=C(SCCCc2ccc(F)cc2)N(CCC(F)(F)F)CC=C1. The number of benzene rings is 1. The van der Waals surface area contributed by atoms with E-state index in [1.807, 2.05) is 0 Å². The first kappa shape index (κ1) is 20.4. The van der Waals surface area contributed by atoms with Crippen LogP contribution in [0, 0.1) is 5.82 Å². The molecule has 0 spiro atoms.